The first-order chi connectivity index (χ1) is 6.11. The molecule has 0 spiro atoms. The number of hydrogen-bond donors (Lipinski definition) is 0. The minimum atomic E-state index is 0.973. The van der Waals surface area contributed by atoms with Gasteiger partial charge in [0.25, 0.3) is 0 Å². The Morgan fingerprint density at radius 3 is 2.92 bits per heavy atom. The molecule has 0 unspecified atom stereocenters. The summed E-state index contributed by atoms with van der Waals surface area (Å²) in [5.41, 5.74) is 3.21. The molecule has 5 heteroatoms. The zero-order chi connectivity index (χ0) is 9.59. The maximum Gasteiger partial charge on any atom is 0.118 e. The Morgan fingerprint density at radius 1 is 1.54 bits per heavy atom. The van der Waals surface area contributed by atoms with Crippen LogP contribution in [0.1, 0.15) is 5.56 Å². The van der Waals surface area contributed by atoms with Crippen LogP contribution in [0.2, 0.25) is 0 Å². The van der Waals surface area contributed by atoms with Crippen molar-refractivity contribution >= 4 is 49.6 Å². The lowest BCUT2D eigenvalue weighted by atomic mass is 10.2. The Bertz CT molecular complexity index is 478. The van der Waals surface area contributed by atoms with E-state index in [4.69, 9.17) is 0 Å². The highest BCUT2D eigenvalue weighted by atomic mass is 127. The summed E-state index contributed by atoms with van der Waals surface area (Å²) in [5.74, 6) is 0. The molecule has 1 aromatic carbocycles. The second-order valence-corrected chi connectivity index (χ2v) is 4.89. The third-order valence-corrected chi connectivity index (χ3v) is 3.67. The normalized spacial score (nSPS) is 11.1. The van der Waals surface area contributed by atoms with Crippen LogP contribution in [-0.4, -0.2) is 15.0 Å². The molecule has 0 bridgehead atoms. The summed E-state index contributed by atoms with van der Waals surface area (Å²) in [4.78, 5) is 0. The predicted molar refractivity (Wildman–Crippen MR) is 63.7 cm³/mol. The molecule has 13 heavy (non-hydrogen) atoms. The van der Waals surface area contributed by atoms with Gasteiger partial charge in [0, 0.05) is 15.1 Å². The second-order valence-electron chi connectivity index (χ2n) is 2.88. The summed E-state index contributed by atoms with van der Waals surface area (Å²) >= 11 is 5.79. The molecular formula is C8H7BrIN3. The Kier molecular flexibility index (Phi) is 2.31. The van der Waals surface area contributed by atoms with E-state index in [-0.39, 0.29) is 0 Å². The zero-order valence-electron chi connectivity index (χ0n) is 7.17. The molecule has 0 saturated heterocycles. The fourth-order valence-corrected chi connectivity index (χ4v) is 3.04. The van der Waals surface area contributed by atoms with Crippen LogP contribution in [0, 0.1) is 10.5 Å². The summed E-state index contributed by atoms with van der Waals surface area (Å²) in [5, 5.41) is 8.12. The van der Waals surface area contributed by atoms with Crippen molar-refractivity contribution in [2.24, 2.45) is 7.05 Å². The van der Waals surface area contributed by atoms with E-state index in [0.29, 0.717) is 0 Å². The van der Waals surface area contributed by atoms with Gasteiger partial charge in [-0.3, -0.25) is 0 Å². The third-order valence-electron chi connectivity index (χ3n) is 2.02. The van der Waals surface area contributed by atoms with Crippen LogP contribution in [0.4, 0.5) is 0 Å². The van der Waals surface area contributed by atoms with Crippen LogP contribution in [-0.2, 0) is 7.05 Å². The standard InChI is InChI=1S/C8H7BrIN3/c1-4-5(9)3-6(10)8-7(4)11-12-13(8)2/h3H,1-2H3. The van der Waals surface area contributed by atoms with E-state index in [9.17, 15) is 0 Å². The van der Waals surface area contributed by atoms with Gasteiger partial charge in [0.1, 0.15) is 11.0 Å². The molecule has 0 amide bonds. The van der Waals surface area contributed by atoms with Crippen molar-refractivity contribution in [2.75, 3.05) is 0 Å². The van der Waals surface area contributed by atoms with Gasteiger partial charge in [-0.2, -0.15) is 0 Å². The highest BCUT2D eigenvalue weighted by Gasteiger charge is 2.10. The van der Waals surface area contributed by atoms with Gasteiger partial charge in [0.2, 0.25) is 0 Å². The average molecular weight is 352 g/mol. The van der Waals surface area contributed by atoms with E-state index in [0.717, 1.165) is 24.6 Å². The minimum absolute atomic E-state index is 0.973. The number of fused-ring (bicyclic) bond motifs is 1. The molecule has 0 aliphatic heterocycles. The van der Waals surface area contributed by atoms with Gasteiger partial charge < -0.3 is 0 Å². The van der Waals surface area contributed by atoms with E-state index in [1.54, 1.807) is 4.68 Å². The molecule has 3 nitrogen and oxygen atoms in total. The molecule has 0 fully saturated rings. The first kappa shape index (κ1) is 9.39. The van der Waals surface area contributed by atoms with Crippen molar-refractivity contribution < 1.29 is 0 Å². The molecule has 0 saturated carbocycles. The summed E-state index contributed by atoms with van der Waals surface area (Å²) in [7, 11) is 1.91. The van der Waals surface area contributed by atoms with Crippen molar-refractivity contribution in [2.45, 2.75) is 6.92 Å². The van der Waals surface area contributed by atoms with Crippen LogP contribution >= 0.6 is 38.5 Å². The van der Waals surface area contributed by atoms with Gasteiger partial charge in [-0.15, -0.1) is 5.10 Å². The van der Waals surface area contributed by atoms with Crippen molar-refractivity contribution in [1.29, 1.82) is 0 Å². The number of aromatic nitrogens is 3. The van der Waals surface area contributed by atoms with Gasteiger partial charge in [-0.05, 0) is 41.1 Å². The lowest BCUT2D eigenvalue weighted by molar-refractivity contribution is 0.735. The van der Waals surface area contributed by atoms with Crippen molar-refractivity contribution in [3.05, 3.63) is 19.7 Å². The number of halogens is 2. The Labute approximate surface area is 97.8 Å². The van der Waals surface area contributed by atoms with E-state index in [1.165, 1.54) is 0 Å². The molecule has 2 aromatic rings. The van der Waals surface area contributed by atoms with E-state index in [2.05, 4.69) is 54.9 Å². The van der Waals surface area contributed by atoms with E-state index < -0.39 is 0 Å². The van der Waals surface area contributed by atoms with Crippen molar-refractivity contribution in [3.8, 4) is 0 Å². The maximum absolute atomic E-state index is 4.12. The smallest absolute Gasteiger partial charge is 0.118 e. The summed E-state index contributed by atoms with van der Waals surface area (Å²) in [6.07, 6.45) is 0. The van der Waals surface area contributed by atoms with Gasteiger partial charge >= 0.3 is 0 Å². The molecular weight excluding hydrogens is 345 g/mol. The quantitative estimate of drug-likeness (QED) is 0.683. The topological polar surface area (TPSA) is 30.7 Å². The van der Waals surface area contributed by atoms with Gasteiger partial charge in [-0.25, -0.2) is 4.68 Å². The molecule has 0 atom stereocenters. The molecule has 0 aliphatic carbocycles. The summed E-state index contributed by atoms with van der Waals surface area (Å²) < 4.78 is 4.05. The first-order valence-corrected chi connectivity index (χ1v) is 5.62. The lowest BCUT2D eigenvalue weighted by Gasteiger charge is -2.01. The van der Waals surface area contributed by atoms with Crippen LogP contribution in [0.25, 0.3) is 11.0 Å². The number of benzene rings is 1. The monoisotopic (exact) mass is 351 g/mol. The zero-order valence-corrected chi connectivity index (χ0v) is 10.9. The highest BCUT2D eigenvalue weighted by Crippen LogP contribution is 2.28. The molecule has 68 valence electrons. The first-order valence-electron chi connectivity index (χ1n) is 3.75. The molecule has 0 radical (unpaired) electrons. The highest BCUT2D eigenvalue weighted by molar-refractivity contribution is 14.1. The summed E-state index contributed by atoms with van der Waals surface area (Å²) in [6.45, 7) is 2.04. The Hall–Kier alpha value is -0.170. The third kappa shape index (κ3) is 1.38. The van der Waals surface area contributed by atoms with Crippen molar-refractivity contribution in [1.82, 2.24) is 15.0 Å². The van der Waals surface area contributed by atoms with Crippen LogP contribution in [0.15, 0.2) is 10.5 Å². The number of nitrogens with zero attached hydrogens (tertiary/aromatic N) is 3. The van der Waals surface area contributed by atoms with Gasteiger partial charge in [0.05, 0.1) is 0 Å². The number of hydrogen-bond acceptors (Lipinski definition) is 2. The number of rotatable bonds is 0. The SMILES string of the molecule is Cc1c(Br)cc(I)c2c1nnn2C. The summed E-state index contributed by atoms with van der Waals surface area (Å²) in [6, 6.07) is 2.08. The van der Waals surface area contributed by atoms with Crippen LogP contribution in [0.3, 0.4) is 0 Å². The maximum atomic E-state index is 4.12. The van der Waals surface area contributed by atoms with E-state index >= 15 is 0 Å². The predicted octanol–water partition coefficient (Wildman–Crippen LogP) is 2.64. The van der Waals surface area contributed by atoms with E-state index in [1.807, 2.05) is 14.0 Å². The molecule has 0 N–H and O–H groups in total. The fraction of sp³-hybridized carbons (Fsp3) is 0.250. The molecule has 1 heterocycles. The fourth-order valence-electron chi connectivity index (χ4n) is 1.28. The Balaban J connectivity index is 2.99. The molecule has 1 aromatic heterocycles. The van der Waals surface area contributed by atoms with Gasteiger partial charge in [-0.1, -0.05) is 21.1 Å². The average Bonchev–Trinajstić information content (AvgIpc) is 2.44. The lowest BCUT2D eigenvalue weighted by Crippen LogP contribution is -1.92. The minimum Gasteiger partial charge on any atom is -0.247 e. The second kappa shape index (κ2) is 3.20. The largest absolute Gasteiger partial charge is 0.247 e. The van der Waals surface area contributed by atoms with Crippen molar-refractivity contribution in [3.63, 3.8) is 0 Å². The van der Waals surface area contributed by atoms with Crippen LogP contribution < -0.4 is 0 Å². The van der Waals surface area contributed by atoms with Gasteiger partial charge in [0.15, 0.2) is 0 Å². The molecule has 0 aliphatic rings. The van der Waals surface area contributed by atoms with Crippen LogP contribution in [0.5, 0.6) is 0 Å². The Morgan fingerprint density at radius 2 is 2.23 bits per heavy atom. The molecule has 2 rings (SSSR count). The number of aryl methyl sites for hydroxylation is 2.